The summed E-state index contributed by atoms with van der Waals surface area (Å²) in [6.07, 6.45) is 8.05. The van der Waals surface area contributed by atoms with Crippen molar-refractivity contribution < 1.29 is 24.3 Å². The molecule has 8 nitrogen and oxygen atoms in total. The third-order valence-corrected chi connectivity index (χ3v) is 9.01. The van der Waals surface area contributed by atoms with Crippen LogP contribution in [0.3, 0.4) is 0 Å². The van der Waals surface area contributed by atoms with Crippen LogP contribution in [0, 0.1) is 23.2 Å². The van der Waals surface area contributed by atoms with Gasteiger partial charge in [0.1, 0.15) is 6.61 Å². The Balaban J connectivity index is 1.31. The lowest BCUT2D eigenvalue weighted by molar-refractivity contribution is -0.148. The fraction of sp³-hybridized carbons (Fsp3) is 0.792. The third-order valence-electron chi connectivity index (χ3n) is 7.75. The Labute approximate surface area is 200 Å². The maximum atomic E-state index is 12.6. The summed E-state index contributed by atoms with van der Waals surface area (Å²) in [5, 5.41) is 18.4. The first-order chi connectivity index (χ1) is 15.5. The molecule has 2 atom stereocenters. The van der Waals surface area contributed by atoms with Gasteiger partial charge in [-0.25, -0.2) is 0 Å². The summed E-state index contributed by atoms with van der Waals surface area (Å²) in [4.78, 5) is 30.2. The number of nitrogens with zero attached hydrogens (tertiary/aromatic N) is 1. The molecule has 5 aliphatic carbocycles. The number of rotatable bonds is 10. The SMILES string of the molecule is C=C(SC1CCC1)/C(=N\OCC(=O)NC1C2CC3CC1CC(O)(C3)C2)OCC(C)(C)C(N)=O. The second-order valence-corrected chi connectivity index (χ2v) is 12.5. The molecule has 33 heavy (non-hydrogen) atoms. The van der Waals surface area contributed by atoms with Crippen LogP contribution in [0.1, 0.15) is 65.2 Å². The second-order valence-electron chi connectivity index (χ2n) is 11.1. The average molecular weight is 480 g/mol. The van der Waals surface area contributed by atoms with E-state index in [9.17, 15) is 14.7 Å². The highest BCUT2D eigenvalue weighted by Gasteiger charge is 2.55. The van der Waals surface area contributed by atoms with Crippen molar-refractivity contribution in [2.45, 2.75) is 82.1 Å². The molecule has 0 aromatic rings. The van der Waals surface area contributed by atoms with Gasteiger partial charge in [0.2, 0.25) is 5.91 Å². The summed E-state index contributed by atoms with van der Waals surface area (Å²) < 4.78 is 5.76. The Bertz CT molecular complexity index is 809. The normalized spacial score (nSPS) is 33.4. The fourth-order valence-corrected chi connectivity index (χ4v) is 6.98. The van der Waals surface area contributed by atoms with Crippen molar-refractivity contribution >= 4 is 29.5 Å². The number of ether oxygens (including phenoxy) is 1. The van der Waals surface area contributed by atoms with Crippen LogP contribution in [-0.4, -0.2) is 52.9 Å². The Morgan fingerprint density at radius 2 is 1.91 bits per heavy atom. The van der Waals surface area contributed by atoms with E-state index in [-0.39, 0.29) is 31.1 Å². The van der Waals surface area contributed by atoms with Crippen LogP contribution in [0.15, 0.2) is 16.6 Å². The summed E-state index contributed by atoms with van der Waals surface area (Å²) in [6, 6.07) is 0.0955. The van der Waals surface area contributed by atoms with E-state index in [0.717, 1.165) is 44.9 Å². The first-order valence-corrected chi connectivity index (χ1v) is 12.9. The summed E-state index contributed by atoms with van der Waals surface area (Å²) in [5.74, 6) is 0.748. The molecule has 4 N–H and O–H groups in total. The van der Waals surface area contributed by atoms with Crippen molar-refractivity contribution in [2.24, 2.45) is 34.1 Å². The maximum absolute atomic E-state index is 12.6. The van der Waals surface area contributed by atoms with E-state index in [0.29, 0.717) is 27.9 Å². The second kappa shape index (κ2) is 9.49. The summed E-state index contributed by atoms with van der Waals surface area (Å²) in [7, 11) is 0. The van der Waals surface area contributed by atoms with Crippen LogP contribution in [0.2, 0.25) is 0 Å². The molecule has 5 saturated carbocycles. The number of carbonyl (C=O) groups excluding carboxylic acids is 2. The number of carbonyl (C=O) groups is 2. The van der Waals surface area contributed by atoms with Gasteiger partial charge < -0.3 is 25.7 Å². The highest BCUT2D eigenvalue weighted by Crippen LogP contribution is 2.55. The number of nitrogens with one attached hydrogen (secondary N) is 1. The number of hydrogen-bond acceptors (Lipinski definition) is 7. The van der Waals surface area contributed by atoms with E-state index in [1.165, 1.54) is 6.42 Å². The standard InChI is InChI=1S/C24H37N3O5S/c1-14(33-18-5-4-6-18)21(31-13-23(2,3)22(25)29)27-32-12-19(28)26-20-16-7-15-8-17(20)11-24(30,9-15)10-16/h15-18,20,30H,1,4-13H2,2-3H3,(H2,25,29)(H,26,28)/b27-21+. The summed E-state index contributed by atoms with van der Waals surface area (Å²) in [6.45, 7) is 7.27. The van der Waals surface area contributed by atoms with E-state index >= 15 is 0 Å². The largest absolute Gasteiger partial charge is 0.474 e. The highest BCUT2D eigenvalue weighted by atomic mass is 32.2. The average Bonchev–Trinajstić information content (AvgIpc) is 2.68. The minimum Gasteiger partial charge on any atom is -0.474 e. The lowest BCUT2D eigenvalue weighted by Gasteiger charge is -2.58. The number of hydrogen-bond donors (Lipinski definition) is 3. The van der Waals surface area contributed by atoms with Gasteiger partial charge in [-0.15, -0.1) is 11.8 Å². The zero-order valence-corrected chi connectivity index (χ0v) is 20.5. The molecule has 5 rings (SSSR count). The van der Waals surface area contributed by atoms with Gasteiger partial charge in [0, 0.05) is 11.3 Å². The Hall–Kier alpha value is -1.74. The van der Waals surface area contributed by atoms with E-state index in [2.05, 4.69) is 17.1 Å². The first-order valence-electron chi connectivity index (χ1n) is 12.0. The van der Waals surface area contributed by atoms with Crippen LogP contribution in [0.5, 0.6) is 0 Å². The van der Waals surface area contributed by atoms with Crippen LogP contribution in [0.4, 0.5) is 0 Å². The molecule has 0 radical (unpaired) electrons. The molecule has 5 aliphatic rings. The lowest BCUT2D eigenvalue weighted by atomic mass is 9.52. The minimum absolute atomic E-state index is 0.0382. The molecule has 0 heterocycles. The number of oxime groups is 1. The monoisotopic (exact) mass is 479 g/mol. The quantitative estimate of drug-likeness (QED) is 0.251. The van der Waals surface area contributed by atoms with Gasteiger partial charge in [-0.1, -0.05) is 13.0 Å². The number of thioether (sulfide) groups is 1. The molecule has 9 heteroatoms. The molecular weight excluding hydrogens is 442 g/mol. The van der Waals surface area contributed by atoms with Crippen LogP contribution in [-0.2, 0) is 19.2 Å². The number of aliphatic hydroxyl groups is 1. The molecule has 4 bridgehead atoms. The maximum Gasteiger partial charge on any atom is 0.263 e. The highest BCUT2D eigenvalue weighted by molar-refractivity contribution is 8.04. The van der Waals surface area contributed by atoms with Crippen molar-refractivity contribution in [3.63, 3.8) is 0 Å². The molecule has 184 valence electrons. The Morgan fingerprint density at radius 3 is 2.45 bits per heavy atom. The van der Waals surface area contributed by atoms with Crippen LogP contribution < -0.4 is 11.1 Å². The smallest absolute Gasteiger partial charge is 0.263 e. The number of primary amides is 1. The molecule has 0 aromatic carbocycles. The van der Waals surface area contributed by atoms with E-state index in [4.69, 9.17) is 15.3 Å². The van der Waals surface area contributed by atoms with Gasteiger partial charge in [-0.2, -0.15) is 0 Å². The fourth-order valence-electron chi connectivity index (χ4n) is 5.81. The van der Waals surface area contributed by atoms with Crippen molar-refractivity contribution in [1.82, 2.24) is 5.32 Å². The molecule has 0 aliphatic heterocycles. The predicted octanol–water partition coefficient (Wildman–Crippen LogP) is 2.70. The topological polar surface area (TPSA) is 123 Å². The van der Waals surface area contributed by atoms with Gasteiger partial charge in [-0.3, -0.25) is 9.59 Å². The molecule has 0 spiro atoms. The molecule has 0 aromatic heterocycles. The lowest BCUT2D eigenvalue weighted by Crippen LogP contribution is -2.61. The molecule has 2 unspecified atom stereocenters. The van der Waals surface area contributed by atoms with Gasteiger partial charge in [0.05, 0.1) is 15.9 Å². The summed E-state index contributed by atoms with van der Waals surface area (Å²) in [5.41, 5.74) is 4.05. The van der Waals surface area contributed by atoms with E-state index in [1.807, 2.05) is 0 Å². The van der Waals surface area contributed by atoms with Gasteiger partial charge in [0.25, 0.3) is 11.8 Å². The third kappa shape index (κ3) is 5.67. The van der Waals surface area contributed by atoms with Crippen LogP contribution in [0.25, 0.3) is 0 Å². The summed E-state index contributed by atoms with van der Waals surface area (Å²) >= 11 is 1.59. The van der Waals surface area contributed by atoms with E-state index < -0.39 is 16.9 Å². The zero-order valence-electron chi connectivity index (χ0n) is 19.7. The van der Waals surface area contributed by atoms with Gasteiger partial charge >= 0.3 is 0 Å². The van der Waals surface area contributed by atoms with Crippen LogP contribution >= 0.6 is 11.8 Å². The van der Waals surface area contributed by atoms with Crippen molar-refractivity contribution in [1.29, 1.82) is 0 Å². The van der Waals surface area contributed by atoms with Crippen molar-refractivity contribution in [2.75, 3.05) is 13.2 Å². The molecule has 2 amide bonds. The van der Waals surface area contributed by atoms with Gasteiger partial charge in [0.15, 0.2) is 6.61 Å². The first kappa shape index (κ1) is 24.4. The molecule has 0 saturated heterocycles. The number of amides is 2. The molecular formula is C24H37N3O5S. The van der Waals surface area contributed by atoms with Crippen molar-refractivity contribution in [3.05, 3.63) is 11.5 Å². The Morgan fingerprint density at radius 1 is 1.24 bits per heavy atom. The van der Waals surface area contributed by atoms with Gasteiger partial charge in [-0.05, 0) is 81.7 Å². The van der Waals surface area contributed by atoms with E-state index in [1.54, 1.807) is 25.6 Å². The Kier molecular flexibility index (Phi) is 7.01. The zero-order chi connectivity index (χ0) is 23.8. The van der Waals surface area contributed by atoms with Crippen molar-refractivity contribution in [3.8, 4) is 0 Å². The number of nitrogens with two attached hydrogens (primary N) is 1. The predicted molar refractivity (Wildman–Crippen MR) is 127 cm³/mol. The molecule has 5 fully saturated rings. The minimum atomic E-state index is -0.872.